The molecule has 0 amide bonds. The maximum absolute atomic E-state index is 12.0. The van der Waals surface area contributed by atoms with Crippen LogP contribution < -0.4 is 10.5 Å². The molecule has 21 heavy (non-hydrogen) atoms. The molecule has 9 heteroatoms. The molecular formula is C12H13N3O5S. The first-order valence-corrected chi connectivity index (χ1v) is 7.44. The molecule has 0 aliphatic heterocycles. The van der Waals surface area contributed by atoms with E-state index >= 15 is 0 Å². The standard InChI is InChI=1S/C12H13N3O5S/c13-11-4-3-10(8-12(11)15(16)17)21(18,19)14-6-5-9-2-1-7-20-9/h1-4,7-8,14H,5-6,13H2. The number of nitro groups is 1. The molecule has 0 fully saturated rings. The molecule has 1 aromatic heterocycles. The summed E-state index contributed by atoms with van der Waals surface area (Å²) < 4.78 is 31.5. The number of furan rings is 1. The van der Waals surface area contributed by atoms with E-state index in [-0.39, 0.29) is 17.1 Å². The van der Waals surface area contributed by atoms with Crippen molar-refractivity contribution in [1.29, 1.82) is 0 Å². The minimum absolute atomic E-state index is 0.0884. The molecule has 1 heterocycles. The third kappa shape index (κ3) is 3.58. The first-order chi connectivity index (χ1) is 9.90. The second kappa shape index (κ2) is 5.94. The normalized spacial score (nSPS) is 11.4. The lowest BCUT2D eigenvalue weighted by molar-refractivity contribution is -0.384. The van der Waals surface area contributed by atoms with Crippen LogP contribution >= 0.6 is 0 Å². The largest absolute Gasteiger partial charge is 0.469 e. The van der Waals surface area contributed by atoms with Crippen LogP contribution in [0.2, 0.25) is 0 Å². The highest BCUT2D eigenvalue weighted by Gasteiger charge is 2.19. The van der Waals surface area contributed by atoms with Crippen LogP contribution in [0.3, 0.4) is 0 Å². The van der Waals surface area contributed by atoms with E-state index < -0.39 is 20.6 Å². The van der Waals surface area contributed by atoms with Gasteiger partial charge in [0.1, 0.15) is 11.4 Å². The first kappa shape index (κ1) is 15.0. The van der Waals surface area contributed by atoms with Crippen LogP contribution in [0.4, 0.5) is 11.4 Å². The molecule has 1 aromatic carbocycles. The van der Waals surface area contributed by atoms with Gasteiger partial charge in [0.25, 0.3) is 5.69 Å². The lowest BCUT2D eigenvalue weighted by atomic mass is 10.3. The van der Waals surface area contributed by atoms with Gasteiger partial charge in [0.05, 0.1) is 16.1 Å². The molecular weight excluding hydrogens is 298 g/mol. The minimum Gasteiger partial charge on any atom is -0.469 e. The number of hydrogen-bond acceptors (Lipinski definition) is 6. The predicted molar refractivity (Wildman–Crippen MR) is 75.1 cm³/mol. The Labute approximate surface area is 120 Å². The van der Waals surface area contributed by atoms with Gasteiger partial charge >= 0.3 is 0 Å². The third-order valence-corrected chi connectivity index (χ3v) is 4.21. The van der Waals surface area contributed by atoms with Gasteiger partial charge in [0.2, 0.25) is 10.0 Å². The van der Waals surface area contributed by atoms with Crippen LogP contribution in [0.25, 0.3) is 0 Å². The van der Waals surface area contributed by atoms with Gasteiger partial charge in [-0.15, -0.1) is 0 Å². The highest BCUT2D eigenvalue weighted by atomic mass is 32.2. The number of nitro benzene ring substituents is 1. The fourth-order valence-corrected chi connectivity index (χ4v) is 2.75. The summed E-state index contributed by atoms with van der Waals surface area (Å²) in [6, 6.07) is 6.77. The van der Waals surface area contributed by atoms with Crippen LogP contribution in [0, 0.1) is 10.1 Å². The maximum Gasteiger partial charge on any atom is 0.293 e. The van der Waals surface area contributed by atoms with Crippen molar-refractivity contribution in [2.45, 2.75) is 11.3 Å². The van der Waals surface area contributed by atoms with Crippen LogP contribution in [0.1, 0.15) is 5.76 Å². The Balaban J connectivity index is 2.12. The van der Waals surface area contributed by atoms with E-state index in [1.165, 1.54) is 18.4 Å². The lowest BCUT2D eigenvalue weighted by Gasteiger charge is -2.06. The molecule has 8 nitrogen and oxygen atoms in total. The minimum atomic E-state index is -3.84. The van der Waals surface area contributed by atoms with Gasteiger partial charge in [-0.05, 0) is 24.3 Å². The number of hydrogen-bond donors (Lipinski definition) is 2. The highest BCUT2D eigenvalue weighted by molar-refractivity contribution is 7.89. The smallest absolute Gasteiger partial charge is 0.293 e. The summed E-state index contributed by atoms with van der Waals surface area (Å²) in [5, 5.41) is 10.8. The van der Waals surface area contributed by atoms with Gasteiger partial charge in [-0.3, -0.25) is 10.1 Å². The van der Waals surface area contributed by atoms with E-state index in [4.69, 9.17) is 10.2 Å². The summed E-state index contributed by atoms with van der Waals surface area (Å²) in [5.74, 6) is 0.640. The quantitative estimate of drug-likeness (QED) is 0.470. The van der Waals surface area contributed by atoms with Gasteiger partial charge in [-0.2, -0.15) is 0 Å². The Morgan fingerprint density at radius 1 is 1.33 bits per heavy atom. The fraction of sp³-hybridized carbons (Fsp3) is 0.167. The van der Waals surface area contributed by atoms with Crippen molar-refractivity contribution in [2.75, 3.05) is 12.3 Å². The van der Waals surface area contributed by atoms with Crippen molar-refractivity contribution < 1.29 is 17.8 Å². The van der Waals surface area contributed by atoms with E-state index in [0.29, 0.717) is 12.2 Å². The molecule has 0 spiro atoms. The highest BCUT2D eigenvalue weighted by Crippen LogP contribution is 2.24. The second-order valence-electron chi connectivity index (χ2n) is 4.20. The first-order valence-electron chi connectivity index (χ1n) is 5.96. The summed E-state index contributed by atoms with van der Waals surface area (Å²) in [7, 11) is -3.84. The van der Waals surface area contributed by atoms with Crippen molar-refractivity contribution in [3.63, 3.8) is 0 Å². The van der Waals surface area contributed by atoms with Gasteiger partial charge in [-0.1, -0.05) is 0 Å². The SMILES string of the molecule is Nc1ccc(S(=O)(=O)NCCc2ccco2)cc1[N+](=O)[O-]. The second-order valence-corrected chi connectivity index (χ2v) is 5.97. The van der Waals surface area contributed by atoms with E-state index in [2.05, 4.69) is 4.72 Å². The number of nitrogen functional groups attached to an aromatic ring is 1. The molecule has 0 bridgehead atoms. The molecule has 0 unspecified atom stereocenters. The van der Waals surface area contributed by atoms with Crippen molar-refractivity contribution in [1.82, 2.24) is 4.72 Å². The number of benzene rings is 1. The number of nitrogens with one attached hydrogen (secondary N) is 1. The zero-order valence-corrected chi connectivity index (χ0v) is 11.7. The number of nitrogens with zero attached hydrogens (tertiary/aromatic N) is 1. The Morgan fingerprint density at radius 3 is 2.71 bits per heavy atom. The number of sulfonamides is 1. The monoisotopic (exact) mass is 311 g/mol. The predicted octanol–water partition coefficient (Wildman–Crippen LogP) is 1.29. The van der Waals surface area contributed by atoms with Gasteiger partial charge in [0, 0.05) is 19.0 Å². The Kier molecular flexibility index (Phi) is 4.24. The molecule has 0 radical (unpaired) electrons. The number of nitrogens with two attached hydrogens (primary N) is 1. The topological polar surface area (TPSA) is 128 Å². The molecule has 2 rings (SSSR count). The van der Waals surface area contributed by atoms with Gasteiger partial charge < -0.3 is 10.2 Å². The van der Waals surface area contributed by atoms with E-state index in [0.717, 1.165) is 6.07 Å². The molecule has 0 aliphatic carbocycles. The van der Waals surface area contributed by atoms with Gasteiger partial charge in [-0.25, -0.2) is 13.1 Å². The van der Waals surface area contributed by atoms with Crippen LogP contribution in [0.5, 0.6) is 0 Å². The molecule has 0 aliphatic rings. The molecule has 0 atom stereocenters. The van der Waals surface area contributed by atoms with E-state index in [9.17, 15) is 18.5 Å². The van der Waals surface area contributed by atoms with Crippen molar-refractivity contribution in [3.8, 4) is 0 Å². The molecule has 112 valence electrons. The van der Waals surface area contributed by atoms with Crippen LogP contribution in [0.15, 0.2) is 45.9 Å². The number of anilines is 1. The third-order valence-electron chi connectivity index (χ3n) is 2.75. The van der Waals surface area contributed by atoms with Gasteiger partial charge in [0.15, 0.2) is 0 Å². The fourth-order valence-electron chi connectivity index (χ4n) is 1.70. The molecule has 2 aromatic rings. The van der Waals surface area contributed by atoms with Crippen LogP contribution in [-0.4, -0.2) is 19.9 Å². The molecule has 3 N–H and O–H groups in total. The maximum atomic E-state index is 12.0. The van der Waals surface area contributed by atoms with E-state index in [1.54, 1.807) is 12.1 Å². The number of rotatable bonds is 6. The Morgan fingerprint density at radius 2 is 2.10 bits per heavy atom. The lowest BCUT2D eigenvalue weighted by Crippen LogP contribution is -2.26. The summed E-state index contributed by atoms with van der Waals surface area (Å²) in [6.45, 7) is 0.119. The average molecular weight is 311 g/mol. The summed E-state index contributed by atoms with van der Waals surface area (Å²) >= 11 is 0. The summed E-state index contributed by atoms with van der Waals surface area (Å²) in [6.07, 6.45) is 1.87. The molecule has 0 saturated carbocycles. The average Bonchev–Trinajstić information content (AvgIpc) is 2.91. The van der Waals surface area contributed by atoms with E-state index in [1.807, 2.05) is 0 Å². The van der Waals surface area contributed by atoms with Crippen molar-refractivity contribution in [2.24, 2.45) is 0 Å². The summed E-state index contributed by atoms with van der Waals surface area (Å²) in [4.78, 5) is 9.84. The van der Waals surface area contributed by atoms with Crippen LogP contribution in [-0.2, 0) is 16.4 Å². The van der Waals surface area contributed by atoms with Crippen molar-refractivity contribution >= 4 is 21.4 Å². The molecule has 0 saturated heterocycles. The van der Waals surface area contributed by atoms with Crippen molar-refractivity contribution in [3.05, 3.63) is 52.5 Å². The Bertz CT molecular complexity index is 740. The Hall–Kier alpha value is -2.39. The zero-order valence-electron chi connectivity index (χ0n) is 10.9. The zero-order chi connectivity index (χ0) is 15.5. The summed E-state index contributed by atoms with van der Waals surface area (Å²) in [5.41, 5.74) is 4.90.